The number of nitrogens with zero attached hydrogens (tertiary/aromatic N) is 1. The largest absolute Gasteiger partial charge is 0.456 e. The number of carbonyl (C=O) groups is 1. The third-order valence-electron chi connectivity index (χ3n) is 3.76. The fraction of sp³-hybridized carbons (Fsp3) is 0.400. The van der Waals surface area contributed by atoms with E-state index in [4.69, 9.17) is 4.42 Å². The quantitative estimate of drug-likeness (QED) is 0.838. The van der Waals surface area contributed by atoms with Gasteiger partial charge in [0.1, 0.15) is 5.76 Å². The molecule has 0 spiro atoms. The van der Waals surface area contributed by atoms with Crippen molar-refractivity contribution in [2.24, 2.45) is 0 Å². The van der Waals surface area contributed by atoms with Gasteiger partial charge in [0.05, 0.1) is 6.04 Å². The van der Waals surface area contributed by atoms with Crippen LogP contribution in [0.25, 0.3) is 0 Å². The van der Waals surface area contributed by atoms with Crippen molar-refractivity contribution < 1.29 is 9.21 Å². The van der Waals surface area contributed by atoms with Gasteiger partial charge in [-0.15, -0.1) is 11.3 Å². The van der Waals surface area contributed by atoms with Gasteiger partial charge in [0.2, 0.25) is 0 Å². The van der Waals surface area contributed by atoms with Gasteiger partial charge in [0.25, 0.3) is 5.91 Å². The van der Waals surface area contributed by atoms with Crippen molar-refractivity contribution in [3.8, 4) is 0 Å². The van der Waals surface area contributed by atoms with Gasteiger partial charge in [-0.2, -0.15) is 0 Å². The molecule has 3 rings (SSSR count). The van der Waals surface area contributed by atoms with Crippen molar-refractivity contribution in [3.63, 3.8) is 0 Å². The summed E-state index contributed by atoms with van der Waals surface area (Å²) in [4.78, 5) is 15.8. The lowest BCUT2D eigenvalue weighted by Gasteiger charge is -2.33. The number of carbonyl (C=O) groups excluding carboxylic acids is 1. The number of furan rings is 1. The molecule has 0 aliphatic carbocycles. The van der Waals surface area contributed by atoms with Gasteiger partial charge < -0.3 is 9.32 Å². The summed E-state index contributed by atoms with van der Waals surface area (Å²) < 4.78 is 5.58. The summed E-state index contributed by atoms with van der Waals surface area (Å²) in [6.45, 7) is 4.89. The second-order valence-electron chi connectivity index (χ2n) is 4.84. The maximum atomic E-state index is 12.5. The molecule has 2 aromatic heterocycles. The normalized spacial score (nSPS) is 18.4. The minimum Gasteiger partial charge on any atom is -0.456 e. The molecule has 0 N–H and O–H groups in total. The number of amides is 1. The van der Waals surface area contributed by atoms with Crippen LogP contribution in [-0.4, -0.2) is 17.4 Å². The Morgan fingerprint density at radius 2 is 2.32 bits per heavy atom. The average Bonchev–Trinajstić information content (AvgIpc) is 3.07. The molecule has 0 unspecified atom stereocenters. The number of aryl methyl sites for hydroxylation is 1. The van der Waals surface area contributed by atoms with E-state index in [0.717, 1.165) is 25.1 Å². The highest BCUT2D eigenvalue weighted by atomic mass is 32.1. The van der Waals surface area contributed by atoms with Crippen LogP contribution >= 0.6 is 11.3 Å². The lowest BCUT2D eigenvalue weighted by molar-refractivity contribution is 0.0645. The van der Waals surface area contributed by atoms with Crippen LogP contribution in [-0.2, 0) is 12.8 Å². The molecule has 0 saturated heterocycles. The minimum atomic E-state index is 0.00375. The summed E-state index contributed by atoms with van der Waals surface area (Å²) in [5, 5.41) is 2.11. The van der Waals surface area contributed by atoms with Crippen LogP contribution in [0.2, 0.25) is 0 Å². The molecule has 100 valence electrons. The van der Waals surface area contributed by atoms with E-state index in [9.17, 15) is 4.79 Å². The van der Waals surface area contributed by atoms with Crippen LogP contribution in [0.15, 0.2) is 28.0 Å². The number of thiophene rings is 1. The Kier molecular flexibility index (Phi) is 3.19. The van der Waals surface area contributed by atoms with E-state index in [0.29, 0.717) is 5.76 Å². The van der Waals surface area contributed by atoms with Gasteiger partial charge >= 0.3 is 0 Å². The molecule has 1 aliphatic heterocycles. The van der Waals surface area contributed by atoms with Gasteiger partial charge in [0, 0.05) is 17.8 Å². The Morgan fingerprint density at radius 3 is 3.05 bits per heavy atom. The van der Waals surface area contributed by atoms with Gasteiger partial charge in [-0.25, -0.2) is 0 Å². The fourth-order valence-corrected chi connectivity index (χ4v) is 3.57. The lowest BCUT2D eigenvalue weighted by atomic mass is 10.0. The van der Waals surface area contributed by atoms with E-state index in [1.54, 1.807) is 17.4 Å². The van der Waals surface area contributed by atoms with E-state index < -0.39 is 0 Å². The molecule has 1 aliphatic rings. The molecule has 2 aromatic rings. The average molecular weight is 275 g/mol. The monoisotopic (exact) mass is 275 g/mol. The summed E-state index contributed by atoms with van der Waals surface area (Å²) in [6.07, 6.45) is 1.77. The highest BCUT2D eigenvalue weighted by molar-refractivity contribution is 7.10. The highest BCUT2D eigenvalue weighted by Crippen LogP contribution is 2.33. The van der Waals surface area contributed by atoms with E-state index in [-0.39, 0.29) is 11.9 Å². The van der Waals surface area contributed by atoms with Crippen LogP contribution in [0.5, 0.6) is 0 Å². The molecule has 3 heterocycles. The second kappa shape index (κ2) is 4.85. The molecule has 19 heavy (non-hydrogen) atoms. The summed E-state index contributed by atoms with van der Waals surface area (Å²) in [6, 6.07) is 5.94. The molecular weight excluding hydrogens is 258 g/mol. The third kappa shape index (κ3) is 2.10. The van der Waals surface area contributed by atoms with Gasteiger partial charge in [-0.1, -0.05) is 6.92 Å². The van der Waals surface area contributed by atoms with E-state index >= 15 is 0 Å². The molecule has 1 amide bonds. The van der Waals surface area contributed by atoms with Crippen LogP contribution in [0.1, 0.15) is 46.6 Å². The molecule has 0 radical (unpaired) electrons. The Bertz CT molecular complexity index is 599. The molecule has 0 saturated carbocycles. The van der Waals surface area contributed by atoms with E-state index in [1.807, 2.05) is 17.9 Å². The molecule has 0 aromatic carbocycles. The van der Waals surface area contributed by atoms with Gasteiger partial charge in [-0.3, -0.25) is 4.79 Å². The van der Waals surface area contributed by atoms with Gasteiger partial charge in [-0.05, 0) is 42.5 Å². The Labute approximate surface area is 116 Å². The Morgan fingerprint density at radius 1 is 1.47 bits per heavy atom. The zero-order chi connectivity index (χ0) is 13.4. The summed E-state index contributed by atoms with van der Waals surface area (Å²) in [7, 11) is 0. The Hall–Kier alpha value is -1.55. The minimum absolute atomic E-state index is 0.00375. The predicted octanol–water partition coefficient (Wildman–Crippen LogP) is 3.66. The Balaban J connectivity index is 1.85. The number of fused-ring (bicyclic) bond motifs is 1. The smallest absolute Gasteiger partial charge is 0.290 e. The summed E-state index contributed by atoms with van der Waals surface area (Å²) >= 11 is 1.79. The zero-order valence-corrected chi connectivity index (χ0v) is 12.0. The second-order valence-corrected chi connectivity index (χ2v) is 5.84. The fourth-order valence-electron chi connectivity index (χ4n) is 2.61. The van der Waals surface area contributed by atoms with E-state index in [1.165, 1.54) is 10.4 Å². The van der Waals surface area contributed by atoms with Crippen molar-refractivity contribution in [1.29, 1.82) is 0 Å². The molecule has 1 atom stereocenters. The van der Waals surface area contributed by atoms with Crippen molar-refractivity contribution >= 4 is 17.2 Å². The number of hydrogen-bond acceptors (Lipinski definition) is 3. The first-order valence-corrected chi connectivity index (χ1v) is 7.54. The van der Waals surface area contributed by atoms with Crippen LogP contribution in [0.4, 0.5) is 0 Å². The maximum absolute atomic E-state index is 12.5. The first-order valence-electron chi connectivity index (χ1n) is 6.66. The topological polar surface area (TPSA) is 33.5 Å². The molecule has 0 fully saturated rings. The summed E-state index contributed by atoms with van der Waals surface area (Å²) in [5.74, 6) is 1.33. The maximum Gasteiger partial charge on any atom is 0.290 e. The zero-order valence-electron chi connectivity index (χ0n) is 11.2. The van der Waals surface area contributed by atoms with Crippen molar-refractivity contribution in [1.82, 2.24) is 4.90 Å². The summed E-state index contributed by atoms with van der Waals surface area (Å²) in [5.41, 5.74) is 1.28. The molecular formula is C15H17NO2S. The third-order valence-corrected chi connectivity index (χ3v) is 4.76. The first kappa shape index (κ1) is 12.5. The first-order chi connectivity index (χ1) is 9.20. The van der Waals surface area contributed by atoms with Crippen LogP contribution in [0, 0.1) is 0 Å². The molecule has 0 bridgehead atoms. The molecule has 4 heteroatoms. The molecule has 3 nitrogen and oxygen atoms in total. The van der Waals surface area contributed by atoms with Gasteiger partial charge in [0.15, 0.2) is 5.76 Å². The number of hydrogen-bond donors (Lipinski definition) is 0. The van der Waals surface area contributed by atoms with Crippen LogP contribution < -0.4 is 0 Å². The van der Waals surface area contributed by atoms with Crippen molar-refractivity contribution in [3.05, 3.63) is 45.5 Å². The number of rotatable bonds is 2. The SMILES string of the molecule is CCc1ccc(C(=O)N2CCc3sccc3[C@@H]2C)o1. The van der Waals surface area contributed by atoms with Crippen LogP contribution in [0.3, 0.4) is 0 Å². The standard InChI is InChI=1S/C15H17NO2S/c1-3-11-4-5-13(18-11)15(17)16-8-6-14-12(10(16)2)7-9-19-14/h4-5,7,9-10H,3,6,8H2,1-2H3/t10-/m0/s1. The van der Waals surface area contributed by atoms with Crippen molar-refractivity contribution in [2.45, 2.75) is 32.7 Å². The highest BCUT2D eigenvalue weighted by Gasteiger charge is 2.30. The van der Waals surface area contributed by atoms with Crippen molar-refractivity contribution in [2.75, 3.05) is 6.54 Å². The predicted molar refractivity (Wildman–Crippen MR) is 75.6 cm³/mol. The van der Waals surface area contributed by atoms with E-state index in [2.05, 4.69) is 18.4 Å². The lowest BCUT2D eigenvalue weighted by Crippen LogP contribution is -2.38.